The molecule has 2 heteroatoms. The summed E-state index contributed by atoms with van der Waals surface area (Å²) in [6.07, 6.45) is 1.40. The molecular weight excluding hydrogens is 232 g/mol. The Hall–Kier alpha value is -0.860. The van der Waals surface area contributed by atoms with Crippen LogP contribution in [0.25, 0.3) is 0 Å². The van der Waals surface area contributed by atoms with Gasteiger partial charge in [-0.05, 0) is 30.2 Å². The molecule has 1 N–H and O–H groups in total. The van der Waals surface area contributed by atoms with Crippen molar-refractivity contribution in [2.45, 2.75) is 39.3 Å². The number of benzene rings is 1. The smallest absolute Gasteiger partial charge is 0.0473 e. The molecule has 3 rings (SSSR count). The number of hydrogen-bond acceptors (Lipinski definition) is 2. The molecule has 2 nitrogen and oxygen atoms in total. The van der Waals surface area contributed by atoms with Crippen molar-refractivity contribution in [2.75, 3.05) is 19.6 Å². The third-order valence-corrected chi connectivity index (χ3v) is 4.97. The van der Waals surface area contributed by atoms with Crippen LogP contribution in [0, 0.1) is 11.3 Å². The average molecular weight is 258 g/mol. The summed E-state index contributed by atoms with van der Waals surface area (Å²) in [5.41, 5.74) is 2.04. The number of nitrogens with one attached hydrogen (secondary N) is 1. The fraction of sp³-hybridized carbons (Fsp3) is 0.647. The molecule has 3 atom stereocenters. The Bertz CT molecular complexity index is 426. The van der Waals surface area contributed by atoms with Crippen LogP contribution in [0.15, 0.2) is 30.3 Å². The Labute approximate surface area is 117 Å². The lowest BCUT2D eigenvalue weighted by Crippen LogP contribution is -2.51. The zero-order valence-electron chi connectivity index (χ0n) is 12.4. The number of rotatable bonds is 3. The SMILES string of the molecule is CC1CN(CC2CC2(C)C)C(c2ccccc2)CN1. The summed E-state index contributed by atoms with van der Waals surface area (Å²) in [5.74, 6) is 0.893. The highest BCUT2D eigenvalue weighted by Crippen LogP contribution is 2.52. The van der Waals surface area contributed by atoms with E-state index in [1.807, 2.05) is 0 Å². The highest BCUT2D eigenvalue weighted by Gasteiger charge is 2.47. The number of piperazine rings is 1. The first-order chi connectivity index (χ1) is 9.06. The Morgan fingerprint density at radius 3 is 2.58 bits per heavy atom. The van der Waals surface area contributed by atoms with Crippen molar-refractivity contribution in [3.8, 4) is 0 Å². The third kappa shape index (κ3) is 2.85. The zero-order chi connectivity index (χ0) is 13.5. The maximum Gasteiger partial charge on any atom is 0.0473 e. The van der Waals surface area contributed by atoms with Gasteiger partial charge in [0.15, 0.2) is 0 Å². The molecule has 104 valence electrons. The highest BCUT2D eigenvalue weighted by atomic mass is 15.2. The van der Waals surface area contributed by atoms with Crippen molar-refractivity contribution >= 4 is 0 Å². The van der Waals surface area contributed by atoms with E-state index in [9.17, 15) is 0 Å². The lowest BCUT2D eigenvalue weighted by atomic mass is 10.00. The molecule has 0 aromatic heterocycles. The van der Waals surface area contributed by atoms with E-state index >= 15 is 0 Å². The van der Waals surface area contributed by atoms with Crippen molar-refractivity contribution < 1.29 is 0 Å². The largest absolute Gasteiger partial charge is 0.311 e. The van der Waals surface area contributed by atoms with Crippen LogP contribution in [0.3, 0.4) is 0 Å². The van der Waals surface area contributed by atoms with E-state index in [2.05, 4.69) is 61.3 Å². The van der Waals surface area contributed by atoms with Crippen LogP contribution in [0.2, 0.25) is 0 Å². The summed E-state index contributed by atoms with van der Waals surface area (Å²) >= 11 is 0. The molecule has 1 heterocycles. The van der Waals surface area contributed by atoms with Crippen LogP contribution in [0.5, 0.6) is 0 Å². The normalized spacial score (nSPS) is 34.2. The number of hydrogen-bond donors (Lipinski definition) is 1. The van der Waals surface area contributed by atoms with Gasteiger partial charge in [-0.25, -0.2) is 0 Å². The first-order valence-corrected chi connectivity index (χ1v) is 7.58. The zero-order valence-corrected chi connectivity index (χ0v) is 12.4. The van der Waals surface area contributed by atoms with Gasteiger partial charge >= 0.3 is 0 Å². The predicted octanol–water partition coefficient (Wildman–Crippen LogP) is 3.07. The van der Waals surface area contributed by atoms with Gasteiger partial charge in [-0.15, -0.1) is 0 Å². The fourth-order valence-electron chi connectivity index (χ4n) is 3.36. The Morgan fingerprint density at radius 1 is 1.26 bits per heavy atom. The van der Waals surface area contributed by atoms with Crippen LogP contribution < -0.4 is 5.32 Å². The van der Waals surface area contributed by atoms with Crippen molar-refractivity contribution in [1.29, 1.82) is 0 Å². The molecule has 3 unspecified atom stereocenters. The van der Waals surface area contributed by atoms with E-state index in [1.54, 1.807) is 0 Å². The monoisotopic (exact) mass is 258 g/mol. The van der Waals surface area contributed by atoms with Crippen LogP contribution in [0.1, 0.15) is 38.8 Å². The maximum absolute atomic E-state index is 3.63. The minimum absolute atomic E-state index is 0.550. The van der Waals surface area contributed by atoms with Gasteiger partial charge in [0.2, 0.25) is 0 Å². The first kappa shape index (κ1) is 13.1. The van der Waals surface area contributed by atoms with Crippen LogP contribution in [0.4, 0.5) is 0 Å². The van der Waals surface area contributed by atoms with E-state index in [4.69, 9.17) is 0 Å². The van der Waals surface area contributed by atoms with Gasteiger partial charge < -0.3 is 5.32 Å². The van der Waals surface area contributed by atoms with Crippen molar-refractivity contribution in [1.82, 2.24) is 10.2 Å². The van der Waals surface area contributed by atoms with Gasteiger partial charge in [0.05, 0.1) is 0 Å². The molecule has 1 aliphatic heterocycles. The second kappa shape index (κ2) is 4.92. The molecule has 1 saturated carbocycles. The third-order valence-electron chi connectivity index (χ3n) is 4.97. The van der Waals surface area contributed by atoms with Crippen molar-refractivity contribution in [3.05, 3.63) is 35.9 Å². The van der Waals surface area contributed by atoms with Gasteiger partial charge in [-0.1, -0.05) is 44.2 Å². The Balaban J connectivity index is 1.73. The van der Waals surface area contributed by atoms with Crippen molar-refractivity contribution in [2.24, 2.45) is 11.3 Å². The average Bonchev–Trinajstić information content (AvgIpc) is 2.98. The summed E-state index contributed by atoms with van der Waals surface area (Å²) in [6, 6.07) is 12.1. The summed E-state index contributed by atoms with van der Waals surface area (Å²) in [5, 5.41) is 3.63. The standard InChI is InChI=1S/C17H26N2/c1-13-11-19(12-15-9-17(15,2)3)16(10-18-13)14-7-5-4-6-8-14/h4-8,13,15-16,18H,9-12H2,1-3H3. The molecular formula is C17H26N2. The molecule has 1 aromatic carbocycles. The van der Waals surface area contributed by atoms with Crippen LogP contribution in [-0.4, -0.2) is 30.6 Å². The van der Waals surface area contributed by atoms with E-state index in [0.717, 1.165) is 12.5 Å². The van der Waals surface area contributed by atoms with Gasteiger partial charge in [-0.3, -0.25) is 4.90 Å². The molecule has 1 aliphatic carbocycles. The Morgan fingerprint density at radius 2 is 1.95 bits per heavy atom. The topological polar surface area (TPSA) is 15.3 Å². The van der Waals surface area contributed by atoms with Gasteiger partial charge in [0.1, 0.15) is 0 Å². The quantitative estimate of drug-likeness (QED) is 0.896. The second-order valence-electron chi connectivity index (χ2n) is 7.08. The van der Waals surface area contributed by atoms with Gasteiger partial charge in [0.25, 0.3) is 0 Å². The molecule has 1 aromatic rings. The summed E-state index contributed by atoms with van der Waals surface area (Å²) in [6.45, 7) is 10.6. The summed E-state index contributed by atoms with van der Waals surface area (Å²) in [4.78, 5) is 2.70. The minimum Gasteiger partial charge on any atom is -0.311 e. The fourth-order valence-corrected chi connectivity index (χ4v) is 3.36. The molecule has 19 heavy (non-hydrogen) atoms. The van der Waals surface area contributed by atoms with Crippen molar-refractivity contribution in [3.63, 3.8) is 0 Å². The molecule has 0 bridgehead atoms. The molecule has 0 spiro atoms. The molecule has 0 radical (unpaired) electrons. The van der Waals surface area contributed by atoms with E-state index in [0.29, 0.717) is 17.5 Å². The summed E-state index contributed by atoms with van der Waals surface area (Å²) < 4.78 is 0. The molecule has 0 amide bonds. The first-order valence-electron chi connectivity index (χ1n) is 7.58. The van der Waals surface area contributed by atoms with E-state index in [1.165, 1.54) is 25.1 Å². The van der Waals surface area contributed by atoms with Crippen LogP contribution >= 0.6 is 0 Å². The Kier molecular flexibility index (Phi) is 3.40. The van der Waals surface area contributed by atoms with E-state index in [-0.39, 0.29) is 0 Å². The molecule has 2 fully saturated rings. The highest BCUT2D eigenvalue weighted by molar-refractivity contribution is 5.20. The van der Waals surface area contributed by atoms with Crippen LogP contribution in [-0.2, 0) is 0 Å². The molecule has 2 aliphatic rings. The summed E-state index contributed by atoms with van der Waals surface area (Å²) in [7, 11) is 0. The number of nitrogens with zero attached hydrogens (tertiary/aromatic N) is 1. The minimum atomic E-state index is 0.550. The predicted molar refractivity (Wildman–Crippen MR) is 80.1 cm³/mol. The lowest BCUT2D eigenvalue weighted by molar-refractivity contribution is 0.124. The molecule has 1 saturated heterocycles. The van der Waals surface area contributed by atoms with Gasteiger partial charge in [0, 0.05) is 31.7 Å². The van der Waals surface area contributed by atoms with E-state index < -0.39 is 0 Å². The maximum atomic E-state index is 3.63. The lowest BCUT2D eigenvalue weighted by Gasteiger charge is -2.40. The second-order valence-corrected chi connectivity index (χ2v) is 7.08. The van der Waals surface area contributed by atoms with Gasteiger partial charge in [-0.2, -0.15) is 0 Å².